The molecular formula is C14H26N4O2. The smallest absolute Gasteiger partial charge is 0.311 e. The van der Waals surface area contributed by atoms with Crippen molar-refractivity contribution in [2.24, 2.45) is 5.41 Å². The second-order valence-corrected chi connectivity index (χ2v) is 5.36. The lowest BCUT2D eigenvalue weighted by Gasteiger charge is -2.26. The number of aryl methyl sites for hydroxylation is 1. The first-order valence-electron chi connectivity index (χ1n) is 7.58. The number of carboxylic acid groups (broad SMARTS) is 1. The van der Waals surface area contributed by atoms with Gasteiger partial charge in [-0.1, -0.05) is 40.0 Å². The lowest BCUT2D eigenvalue weighted by Crippen LogP contribution is -2.35. The van der Waals surface area contributed by atoms with Crippen LogP contribution in [0.1, 0.15) is 65.1 Å². The summed E-state index contributed by atoms with van der Waals surface area (Å²) in [7, 11) is 0. The molecule has 0 radical (unpaired) electrons. The highest BCUT2D eigenvalue weighted by atomic mass is 16.4. The third-order valence-electron chi connectivity index (χ3n) is 4.12. The van der Waals surface area contributed by atoms with Crippen molar-refractivity contribution in [3.8, 4) is 0 Å². The van der Waals surface area contributed by atoms with Crippen LogP contribution in [0.4, 0.5) is 0 Å². The molecular weight excluding hydrogens is 256 g/mol. The van der Waals surface area contributed by atoms with Crippen molar-refractivity contribution in [3.63, 3.8) is 0 Å². The number of hydrogen-bond donors (Lipinski definition) is 1. The normalized spacial score (nSPS) is 11.8. The van der Waals surface area contributed by atoms with Crippen molar-refractivity contribution < 1.29 is 9.90 Å². The standard InChI is InChI=1S/C14H26N4O2/c1-4-7-8-9-10-12-15-16-17-18(12)11-14(5-2,6-3)13(19)20/h4-11H2,1-3H3,(H,19,20). The molecule has 0 saturated carbocycles. The summed E-state index contributed by atoms with van der Waals surface area (Å²) in [4.78, 5) is 11.5. The molecule has 0 spiro atoms. The van der Waals surface area contributed by atoms with Gasteiger partial charge in [0.2, 0.25) is 0 Å². The van der Waals surface area contributed by atoms with Gasteiger partial charge in [-0.05, 0) is 29.7 Å². The zero-order valence-corrected chi connectivity index (χ0v) is 12.8. The van der Waals surface area contributed by atoms with Crippen molar-refractivity contribution in [3.05, 3.63) is 5.82 Å². The molecule has 0 atom stereocenters. The largest absolute Gasteiger partial charge is 0.481 e. The minimum Gasteiger partial charge on any atom is -0.481 e. The molecule has 20 heavy (non-hydrogen) atoms. The third kappa shape index (κ3) is 4.02. The Morgan fingerprint density at radius 1 is 1.20 bits per heavy atom. The van der Waals surface area contributed by atoms with Crippen LogP contribution in [-0.2, 0) is 17.8 Å². The molecule has 0 amide bonds. The second kappa shape index (κ2) is 7.97. The van der Waals surface area contributed by atoms with Gasteiger partial charge in [-0.25, -0.2) is 4.68 Å². The predicted molar refractivity (Wildman–Crippen MR) is 76.3 cm³/mol. The van der Waals surface area contributed by atoms with Crippen molar-refractivity contribution in [1.29, 1.82) is 0 Å². The molecule has 0 bridgehead atoms. The van der Waals surface area contributed by atoms with E-state index in [0.29, 0.717) is 19.4 Å². The predicted octanol–water partition coefficient (Wildman–Crippen LogP) is 2.69. The van der Waals surface area contributed by atoms with Crippen molar-refractivity contribution >= 4 is 5.97 Å². The average molecular weight is 282 g/mol. The van der Waals surface area contributed by atoms with E-state index in [-0.39, 0.29) is 0 Å². The lowest BCUT2D eigenvalue weighted by molar-refractivity contribution is -0.150. The van der Waals surface area contributed by atoms with E-state index in [1.807, 2.05) is 13.8 Å². The molecule has 6 heteroatoms. The van der Waals surface area contributed by atoms with E-state index in [1.54, 1.807) is 4.68 Å². The van der Waals surface area contributed by atoms with Crippen LogP contribution in [0.5, 0.6) is 0 Å². The van der Waals surface area contributed by atoms with Gasteiger partial charge in [-0.15, -0.1) is 5.10 Å². The Balaban J connectivity index is 2.72. The SMILES string of the molecule is CCCCCCc1nnnn1CC(CC)(CC)C(=O)O. The van der Waals surface area contributed by atoms with E-state index >= 15 is 0 Å². The highest BCUT2D eigenvalue weighted by Gasteiger charge is 2.36. The Hall–Kier alpha value is -1.46. The maximum absolute atomic E-state index is 11.5. The number of aliphatic carboxylic acids is 1. The summed E-state index contributed by atoms with van der Waals surface area (Å²) in [5.74, 6) is 0.0311. The summed E-state index contributed by atoms with van der Waals surface area (Å²) in [6.07, 6.45) is 6.59. The first-order chi connectivity index (χ1) is 9.59. The zero-order chi connectivity index (χ0) is 15.0. The van der Waals surface area contributed by atoms with Crippen LogP contribution >= 0.6 is 0 Å². The highest BCUT2D eigenvalue weighted by Crippen LogP contribution is 2.29. The molecule has 0 fully saturated rings. The Morgan fingerprint density at radius 3 is 2.45 bits per heavy atom. The van der Waals surface area contributed by atoms with Gasteiger partial charge in [0.1, 0.15) is 0 Å². The molecule has 0 aliphatic carbocycles. The monoisotopic (exact) mass is 282 g/mol. The topological polar surface area (TPSA) is 80.9 Å². The summed E-state index contributed by atoms with van der Waals surface area (Å²) < 4.78 is 1.67. The molecule has 0 saturated heterocycles. The highest BCUT2D eigenvalue weighted by molar-refractivity contribution is 5.74. The van der Waals surface area contributed by atoms with Gasteiger partial charge in [-0.3, -0.25) is 4.79 Å². The maximum atomic E-state index is 11.5. The number of unbranched alkanes of at least 4 members (excludes halogenated alkanes) is 3. The van der Waals surface area contributed by atoms with Crippen LogP contribution in [0.15, 0.2) is 0 Å². The Kier molecular flexibility index (Phi) is 6.61. The van der Waals surface area contributed by atoms with Crippen LogP contribution in [-0.4, -0.2) is 31.3 Å². The van der Waals surface area contributed by atoms with E-state index in [0.717, 1.165) is 25.1 Å². The summed E-state index contributed by atoms with van der Waals surface area (Å²) in [6, 6.07) is 0. The lowest BCUT2D eigenvalue weighted by atomic mass is 9.82. The number of nitrogens with zero attached hydrogens (tertiary/aromatic N) is 4. The molecule has 1 aromatic heterocycles. The summed E-state index contributed by atoms with van der Waals surface area (Å²) in [5, 5.41) is 21.2. The van der Waals surface area contributed by atoms with Crippen LogP contribution < -0.4 is 0 Å². The fourth-order valence-electron chi connectivity index (χ4n) is 2.37. The third-order valence-corrected chi connectivity index (χ3v) is 4.12. The Morgan fingerprint density at radius 2 is 1.90 bits per heavy atom. The van der Waals surface area contributed by atoms with E-state index in [1.165, 1.54) is 12.8 Å². The van der Waals surface area contributed by atoms with E-state index < -0.39 is 11.4 Å². The van der Waals surface area contributed by atoms with Crippen molar-refractivity contribution in [1.82, 2.24) is 20.2 Å². The summed E-state index contributed by atoms with van der Waals surface area (Å²) in [5.41, 5.74) is -0.770. The van der Waals surface area contributed by atoms with E-state index in [2.05, 4.69) is 22.4 Å². The molecule has 1 N–H and O–H groups in total. The van der Waals surface area contributed by atoms with Gasteiger partial charge >= 0.3 is 5.97 Å². The van der Waals surface area contributed by atoms with Crippen LogP contribution in [0, 0.1) is 5.41 Å². The molecule has 0 aliphatic heterocycles. The number of hydrogen-bond acceptors (Lipinski definition) is 4. The van der Waals surface area contributed by atoms with Crippen LogP contribution in [0.3, 0.4) is 0 Å². The number of carboxylic acids is 1. The van der Waals surface area contributed by atoms with Gasteiger partial charge in [0, 0.05) is 6.42 Å². The van der Waals surface area contributed by atoms with E-state index in [4.69, 9.17) is 0 Å². The number of tetrazole rings is 1. The van der Waals surface area contributed by atoms with E-state index in [9.17, 15) is 9.90 Å². The fourth-order valence-corrected chi connectivity index (χ4v) is 2.37. The maximum Gasteiger partial charge on any atom is 0.311 e. The quantitative estimate of drug-likeness (QED) is 0.667. The molecule has 0 unspecified atom stereocenters. The second-order valence-electron chi connectivity index (χ2n) is 5.36. The summed E-state index contributed by atoms with van der Waals surface area (Å²) in [6.45, 7) is 6.34. The Bertz CT molecular complexity index is 413. The molecule has 6 nitrogen and oxygen atoms in total. The molecule has 1 aromatic rings. The molecule has 1 rings (SSSR count). The van der Waals surface area contributed by atoms with Crippen LogP contribution in [0.2, 0.25) is 0 Å². The minimum atomic E-state index is -0.770. The van der Waals surface area contributed by atoms with Gasteiger partial charge in [-0.2, -0.15) is 0 Å². The average Bonchev–Trinajstić information content (AvgIpc) is 2.88. The number of aromatic nitrogens is 4. The number of rotatable bonds is 10. The molecule has 0 aromatic carbocycles. The molecule has 114 valence electrons. The van der Waals surface area contributed by atoms with Gasteiger partial charge in [0.05, 0.1) is 12.0 Å². The first-order valence-corrected chi connectivity index (χ1v) is 7.58. The van der Waals surface area contributed by atoms with Gasteiger partial charge < -0.3 is 5.11 Å². The fraction of sp³-hybridized carbons (Fsp3) is 0.857. The number of carbonyl (C=O) groups is 1. The molecule has 0 aliphatic rings. The van der Waals surface area contributed by atoms with Gasteiger partial charge in [0.25, 0.3) is 0 Å². The van der Waals surface area contributed by atoms with Crippen molar-refractivity contribution in [2.45, 2.75) is 72.3 Å². The summed E-state index contributed by atoms with van der Waals surface area (Å²) >= 11 is 0. The minimum absolute atomic E-state index is 0.353. The first kappa shape index (κ1) is 16.6. The van der Waals surface area contributed by atoms with Crippen molar-refractivity contribution in [2.75, 3.05) is 0 Å². The zero-order valence-electron chi connectivity index (χ0n) is 12.8. The molecule has 1 heterocycles. The van der Waals surface area contributed by atoms with Gasteiger partial charge in [0.15, 0.2) is 5.82 Å². The Labute approximate surface area is 120 Å². The van der Waals surface area contributed by atoms with Crippen LogP contribution in [0.25, 0.3) is 0 Å².